The predicted molar refractivity (Wildman–Crippen MR) is 155 cm³/mol. The fraction of sp³-hybridized carbons (Fsp3) is 0.516. The molecule has 0 saturated heterocycles. The number of phenolic OH excluding ortho intramolecular Hbond substituents is 1. The van der Waals surface area contributed by atoms with Crippen LogP contribution >= 0.6 is 0 Å². The Morgan fingerprint density at radius 3 is 2.27 bits per heavy atom. The van der Waals surface area contributed by atoms with Crippen molar-refractivity contribution in [1.29, 1.82) is 0 Å². The Labute approximate surface area is 237 Å². The predicted octanol–water partition coefficient (Wildman–Crippen LogP) is 4.31. The minimum absolute atomic E-state index is 0.0725. The molecule has 0 aliphatic heterocycles. The van der Waals surface area contributed by atoms with Gasteiger partial charge in [-0.15, -0.1) is 0 Å². The van der Waals surface area contributed by atoms with Gasteiger partial charge < -0.3 is 30.5 Å². The van der Waals surface area contributed by atoms with Gasteiger partial charge >= 0.3 is 6.09 Å². The molecule has 2 aromatic carbocycles. The highest BCUT2D eigenvalue weighted by Gasteiger charge is 2.36. The molecule has 2 atom stereocenters. The fourth-order valence-electron chi connectivity index (χ4n) is 4.46. The molecule has 4 N–H and O–H groups in total. The quantitative estimate of drug-likeness (QED) is 0.273. The maximum Gasteiger partial charge on any atom is 0.408 e. The summed E-state index contributed by atoms with van der Waals surface area (Å²) in [6, 6.07) is 9.84. The number of carbonyl (C=O) groups excluding carboxylic acids is 3. The topological polar surface area (TPSA) is 128 Å². The first-order chi connectivity index (χ1) is 18.9. The van der Waals surface area contributed by atoms with E-state index in [2.05, 4.69) is 17.6 Å². The van der Waals surface area contributed by atoms with E-state index in [1.807, 2.05) is 32.0 Å². The number of aliphatic hydroxyl groups excluding tert-OH is 1. The van der Waals surface area contributed by atoms with Gasteiger partial charge in [0.15, 0.2) is 0 Å². The zero-order valence-corrected chi connectivity index (χ0v) is 24.6. The van der Waals surface area contributed by atoms with Crippen LogP contribution < -0.4 is 10.6 Å². The van der Waals surface area contributed by atoms with Gasteiger partial charge in [0.05, 0.1) is 6.61 Å². The van der Waals surface area contributed by atoms with E-state index in [9.17, 15) is 24.6 Å². The van der Waals surface area contributed by atoms with E-state index in [1.54, 1.807) is 32.9 Å². The Hall–Kier alpha value is -3.59. The Balaban J connectivity index is 2.52. The molecule has 0 saturated carbocycles. The van der Waals surface area contributed by atoms with Gasteiger partial charge in [0.1, 0.15) is 23.4 Å². The van der Waals surface area contributed by atoms with Gasteiger partial charge in [0.25, 0.3) is 0 Å². The van der Waals surface area contributed by atoms with Crippen LogP contribution in [0.4, 0.5) is 4.79 Å². The van der Waals surface area contributed by atoms with E-state index in [-0.39, 0.29) is 31.2 Å². The second-order valence-electron chi connectivity index (χ2n) is 11.1. The number of ether oxygens (including phenoxy) is 1. The molecule has 220 valence electrons. The number of unbranched alkanes of at least 4 members (excludes halogenated alkanes) is 2. The number of benzene rings is 2. The standard InChI is InChI=1S/C31H45N3O6/c1-7-8-9-16-32-28(37)27(25-15-10-21(2)19-22(25)3)34(17-18-35)29(38)26(33-30(39)40-31(4,5)6)20-23-11-13-24(36)14-12-23/h10-15,19,26-27,35-36H,7-9,16-18,20H2,1-6H3,(H,32,37)(H,33,39). The number of carbonyl (C=O) groups is 3. The molecule has 0 fully saturated rings. The number of aryl methyl sites for hydroxylation is 2. The largest absolute Gasteiger partial charge is 0.508 e. The van der Waals surface area contributed by atoms with Crippen molar-refractivity contribution in [3.8, 4) is 5.75 Å². The molecule has 0 aliphatic carbocycles. The van der Waals surface area contributed by atoms with Crippen LogP contribution in [0.5, 0.6) is 5.75 Å². The van der Waals surface area contributed by atoms with E-state index >= 15 is 0 Å². The van der Waals surface area contributed by atoms with Crippen molar-refractivity contribution in [2.75, 3.05) is 19.7 Å². The SMILES string of the molecule is CCCCCNC(=O)C(c1ccc(C)cc1C)N(CCO)C(=O)C(Cc1ccc(O)cc1)NC(=O)OC(C)(C)C. The highest BCUT2D eigenvalue weighted by Crippen LogP contribution is 2.27. The van der Waals surface area contributed by atoms with Crippen molar-refractivity contribution in [3.05, 3.63) is 64.7 Å². The Kier molecular flexibility index (Phi) is 12.4. The van der Waals surface area contributed by atoms with Crippen molar-refractivity contribution in [2.45, 2.75) is 84.9 Å². The number of hydrogen-bond acceptors (Lipinski definition) is 6. The summed E-state index contributed by atoms with van der Waals surface area (Å²) in [6.45, 7) is 11.0. The number of aromatic hydroxyl groups is 1. The summed E-state index contributed by atoms with van der Waals surface area (Å²) < 4.78 is 5.43. The summed E-state index contributed by atoms with van der Waals surface area (Å²) in [4.78, 5) is 42.0. The first-order valence-electron chi connectivity index (χ1n) is 13.9. The van der Waals surface area contributed by atoms with E-state index < -0.39 is 29.7 Å². The van der Waals surface area contributed by atoms with Crippen LogP contribution in [0.15, 0.2) is 42.5 Å². The molecule has 0 radical (unpaired) electrons. The van der Waals surface area contributed by atoms with Gasteiger partial charge in [0, 0.05) is 19.5 Å². The number of hydrogen-bond donors (Lipinski definition) is 4. The van der Waals surface area contributed by atoms with Crippen molar-refractivity contribution in [2.24, 2.45) is 0 Å². The first-order valence-corrected chi connectivity index (χ1v) is 13.9. The molecule has 2 rings (SSSR count). The number of nitrogens with zero attached hydrogens (tertiary/aromatic N) is 1. The summed E-state index contributed by atoms with van der Waals surface area (Å²) in [7, 11) is 0. The smallest absolute Gasteiger partial charge is 0.408 e. The number of alkyl carbamates (subject to hydrolysis) is 1. The molecule has 0 heterocycles. The number of aliphatic hydroxyl groups is 1. The van der Waals surface area contributed by atoms with Gasteiger partial charge in [-0.05, 0) is 69.9 Å². The Bertz CT molecular complexity index is 1130. The molecule has 2 unspecified atom stereocenters. The molecule has 2 aromatic rings. The molecule has 0 aromatic heterocycles. The lowest BCUT2D eigenvalue weighted by Gasteiger charge is -2.35. The monoisotopic (exact) mass is 555 g/mol. The third kappa shape index (κ3) is 10.2. The van der Waals surface area contributed by atoms with E-state index in [4.69, 9.17) is 4.74 Å². The minimum atomic E-state index is -1.10. The van der Waals surface area contributed by atoms with Crippen LogP contribution in [0.25, 0.3) is 0 Å². The highest BCUT2D eigenvalue weighted by molar-refractivity contribution is 5.92. The molecular weight excluding hydrogens is 510 g/mol. The summed E-state index contributed by atoms with van der Waals surface area (Å²) >= 11 is 0. The second kappa shape index (κ2) is 15.3. The molecule has 0 aliphatic rings. The summed E-state index contributed by atoms with van der Waals surface area (Å²) in [5.74, 6) is -0.824. The number of phenols is 1. The van der Waals surface area contributed by atoms with Gasteiger partial charge in [-0.1, -0.05) is 55.7 Å². The maximum atomic E-state index is 14.2. The summed E-state index contributed by atoms with van der Waals surface area (Å²) in [5.41, 5.74) is 2.38. The van der Waals surface area contributed by atoms with Gasteiger partial charge in [-0.3, -0.25) is 9.59 Å². The van der Waals surface area contributed by atoms with Crippen LogP contribution in [0.1, 0.15) is 75.3 Å². The van der Waals surface area contributed by atoms with Crippen molar-refractivity contribution < 1.29 is 29.3 Å². The zero-order valence-electron chi connectivity index (χ0n) is 24.6. The third-order valence-electron chi connectivity index (χ3n) is 6.35. The van der Waals surface area contributed by atoms with Crippen molar-refractivity contribution in [3.63, 3.8) is 0 Å². The van der Waals surface area contributed by atoms with Gasteiger partial charge in [-0.25, -0.2) is 4.79 Å². The lowest BCUT2D eigenvalue weighted by molar-refractivity contribution is -0.143. The fourth-order valence-corrected chi connectivity index (χ4v) is 4.46. The number of nitrogens with one attached hydrogen (secondary N) is 2. The van der Waals surface area contributed by atoms with Crippen LogP contribution in [0.2, 0.25) is 0 Å². The lowest BCUT2D eigenvalue weighted by Crippen LogP contribution is -2.54. The highest BCUT2D eigenvalue weighted by atomic mass is 16.6. The molecule has 0 bridgehead atoms. The van der Waals surface area contributed by atoms with Gasteiger partial charge in [-0.2, -0.15) is 0 Å². The second-order valence-corrected chi connectivity index (χ2v) is 11.1. The zero-order chi connectivity index (χ0) is 29.9. The molecule has 9 nitrogen and oxygen atoms in total. The van der Waals surface area contributed by atoms with E-state index in [0.29, 0.717) is 17.7 Å². The molecular formula is C31H45N3O6. The van der Waals surface area contributed by atoms with Crippen LogP contribution in [-0.2, 0) is 20.7 Å². The summed E-state index contributed by atoms with van der Waals surface area (Å²) in [6.07, 6.45) is 2.07. The van der Waals surface area contributed by atoms with Gasteiger partial charge in [0.2, 0.25) is 11.8 Å². The molecule has 3 amide bonds. The number of rotatable bonds is 13. The average Bonchev–Trinajstić information content (AvgIpc) is 2.87. The van der Waals surface area contributed by atoms with Crippen LogP contribution in [-0.4, -0.2) is 64.4 Å². The van der Waals surface area contributed by atoms with Crippen molar-refractivity contribution in [1.82, 2.24) is 15.5 Å². The van der Waals surface area contributed by atoms with E-state index in [0.717, 1.165) is 30.4 Å². The van der Waals surface area contributed by atoms with Crippen LogP contribution in [0, 0.1) is 13.8 Å². The van der Waals surface area contributed by atoms with E-state index in [1.165, 1.54) is 17.0 Å². The Morgan fingerprint density at radius 1 is 1.02 bits per heavy atom. The van der Waals surface area contributed by atoms with Crippen LogP contribution in [0.3, 0.4) is 0 Å². The normalized spacial score (nSPS) is 12.8. The molecule has 40 heavy (non-hydrogen) atoms. The molecule has 0 spiro atoms. The average molecular weight is 556 g/mol. The Morgan fingerprint density at radius 2 is 1.70 bits per heavy atom. The first kappa shape index (κ1) is 32.6. The molecule has 9 heteroatoms. The number of amides is 3. The van der Waals surface area contributed by atoms with Crippen molar-refractivity contribution >= 4 is 17.9 Å². The third-order valence-corrected chi connectivity index (χ3v) is 6.35. The minimum Gasteiger partial charge on any atom is -0.508 e. The maximum absolute atomic E-state index is 14.2. The summed E-state index contributed by atoms with van der Waals surface area (Å²) in [5, 5.41) is 25.3. The lowest BCUT2D eigenvalue weighted by atomic mass is 9.95.